The summed E-state index contributed by atoms with van der Waals surface area (Å²) in [6.07, 6.45) is 6.50. The molecule has 0 radical (unpaired) electrons. The summed E-state index contributed by atoms with van der Waals surface area (Å²) in [5, 5.41) is 1.17. The molecule has 0 aromatic heterocycles. The maximum absolute atomic E-state index is 12.3. The Hall–Kier alpha value is -2.94. The van der Waals surface area contributed by atoms with Crippen molar-refractivity contribution in [3.63, 3.8) is 0 Å². The van der Waals surface area contributed by atoms with Crippen LogP contribution in [0.4, 0.5) is 0 Å². The highest BCUT2D eigenvalue weighted by molar-refractivity contribution is 6.31. The summed E-state index contributed by atoms with van der Waals surface area (Å²) < 4.78 is 0. The van der Waals surface area contributed by atoms with Gasteiger partial charge < -0.3 is 0 Å². The second-order valence-corrected chi connectivity index (χ2v) is 6.91. The van der Waals surface area contributed by atoms with E-state index >= 15 is 0 Å². The first-order valence-electron chi connectivity index (χ1n) is 8.58. The number of carbonyl (C=O) groups excluding carboxylic acids is 2. The van der Waals surface area contributed by atoms with Crippen molar-refractivity contribution in [3.05, 3.63) is 117 Å². The number of ketones is 2. The molecule has 0 spiro atoms. The van der Waals surface area contributed by atoms with Crippen LogP contribution in [0.5, 0.6) is 0 Å². The third-order valence-electron chi connectivity index (χ3n) is 4.08. The van der Waals surface area contributed by atoms with Crippen molar-refractivity contribution in [3.8, 4) is 0 Å². The van der Waals surface area contributed by atoms with Crippen LogP contribution in [0, 0.1) is 0 Å². The van der Waals surface area contributed by atoms with Crippen LogP contribution in [-0.4, -0.2) is 11.6 Å². The molecule has 4 heteroatoms. The molecule has 0 unspecified atom stereocenters. The predicted molar refractivity (Wildman–Crippen MR) is 116 cm³/mol. The zero-order valence-corrected chi connectivity index (χ0v) is 16.3. The molecule has 3 aromatic rings. The molecular formula is C24H16Cl2O2. The third kappa shape index (κ3) is 5.29. The Labute approximate surface area is 173 Å². The maximum Gasteiger partial charge on any atom is 0.185 e. The average Bonchev–Trinajstić information content (AvgIpc) is 2.72. The first kappa shape index (κ1) is 19.8. The topological polar surface area (TPSA) is 34.1 Å². The molecule has 0 saturated heterocycles. The molecular weight excluding hydrogens is 391 g/mol. The van der Waals surface area contributed by atoms with E-state index in [-0.39, 0.29) is 11.6 Å². The Morgan fingerprint density at radius 3 is 1.29 bits per heavy atom. The Kier molecular flexibility index (Phi) is 6.59. The molecule has 0 atom stereocenters. The minimum Gasteiger partial charge on any atom is -0.289 e. The Balaban J connectivity index is 1.77. The number of halogens is 2. The summed E-state index contributed by atoms with van der Waals surface area (Å²) in [6.45, 7) is 0. The quantitative estimate of drug-likeness (QED) is 0.333. The van der Waals surface area contributed by atoms with Gasteiger partial charge >= 0.3 is 0 Å². The van der Waals surface area contributed by atoms with Gasteiger partial charge in [-0.25, -0.2) is 0 Å². The third-order valence-corrected chi connectivity index (χ3v) is 4.59. The minimum atomic E-state index is -0.118. The molecule has 28 heavy (non-hydrogen) atoms. The lowest BCUT2D eigenvalue weighted by Crippen LogP contribution is -1.94. The summed E-state index contributed by atoms with van der Waals surface area (Å²) in [7, 11) is 0. The van der Waals surface area contributed by atoms with Gasteiger partial charge in [0.25, 0.3) is 0 Å². The van der Waals surface area contributed by atoms with Crippen molar-refractivity contribution in [2.45, 2.75) is 0 Å². The molecule has 0 aliphatic carbocycles. The summed E-state index contributed by atoms with van der Waals surface area (Å²) in [4.78, 5) is 24.6. The number of allylic oxidation sites excluding steroid dienone is 2. The number of hydrogen-bond donors (Lipinski definition) is 0. The summed E-state index contributed by atoms with van der Waals surface area (Å²) in [5.41, 5.74) is 2.80. The van der Waals surface area contributed by atoms with Gasteiger partial charge in [0.05, 0.1) is 0 Å². The summed E-state index contributed by atoms with van der Waals surface area (Å²) in [6, 6.07) is 21.0. The molecule has 0 bridgehead atoms. The number of benzene rings is 3. The van der Waals surface area contributed by atoms with Crippen molar-refractivity contribution in [1.82, 2.24) is 0 Å². The Bertz CT molecular complexity index is 960. The van der Waals surface area contributed by atoms with E-state index in [1.54, 1.807) is 60.7 Å². The molecule has 2 nitrogen and oxygen atoms in total. The van der Waals surface area contributed by atoms with E-state index in [0.717, 1.165) is 11.1 Å². The van der Waals surface area contributed by atoms with Gasteiger partial charge in [-0.1, -0.05) is 59.6 Å². The molecule has 0 saturated carbocycles. The Morgan fingerprint density at radius 2 is 0.929 bits per heavy atom. The fourth-order valence-corrected chi connectivity index (χ4v) is 2.82. The van der Waals surface area contributed by atoms with Crippen molar-refractivity contribution in [1.29, 1.82) is 0 Å². The second kappa shape index (κ2) is 9.32. The fourth-order valence-electron chi connectivity index (χ4n) is 2.57. The van der Waals surface area contributed by atoms with Crippen LogP contribution in [-0.2, 0) is 0 Å². The van der Waals surface area contributed by atoms with Gasteiger partial charge in [-0.3, -0.25) is 9.59 Å². The van der Waals surface area contributed by atoms with E-state index in [0.29, 0.717) is 21.2 Å². The van der Waals surface area contributed by atoms with E-state index in [9.17, 15) is 9.59 Å². The van der Waals surface area contributed by atoms with Crippen molar-refractivity contribution in [2.24, 2.45) is 0 Å². The number of carbonyl (C=O) groups is 2. The van der Waals surface area contributed by atoms with Crippen molar-refractivity contribution >= 4 is 46.9 Å². The molecule has 0 heterocycles. The molecule has 138 valence electrons. The van der Waals surface area contributed by atoms with Crippen molar-refractivity contribution < 1.29 is 9.59 Å². The van der Waals surface area contributed by atoms with Gasteiger partial charge in [0.2, 0.25) is 0 Å². The van der Waals surface area contributed by atoms with E-state index in [4.69, 9.17) is 23.2 Å². The lowest BCUT2D eigenvalue weighted by atomic mass is 10.0. The second-order valence-electron chi connectivity index (χ2n) is 6.04. The monoisotopic (exact) mass is 406 g/mol. The highest BCUT2D eigenvalue weighted by atomic mass is 35.5. The molecule has 3 rings (SSSR count). The van der Waals surface area contributed by atoms with Gasteiger partial charge in [0.1, 0.15) is 0 Å². The van der Waals surface area contributed by atoms with Crippen LogP contribution in [0.15, 0.2) is 84.9 Å². The maximum atomic E-state index is 12.3. The van der Waals surface area contributed by atoms with Crippen LogP contribution >= 0.6 is 23.2 Å². The smallest absolute Gasteiger partial charge is 0.185 e. The van der Waals surface area contributed by atoms with Crippen LogP contribution in [0.1, 0.15) is 31.8 Å². The first-order valence-corrected chi connectivity index (χ1v) is 9.33. The highest BCUT2D eigenvalue weighted by Gasteiger charge is 2.04. The standard InChI is InChI=1S/C24H16Cl2O2/c25-21-11-5-19(6-12-21)23(27)15-9-17-3-1-2-4-18(17)10-16-24(28)20-7-13-22(26)14-8-20/h1-16H/b15-9+,16-10+. The van der Waals surface area contributed by atoms with Crippen LogP contribution in [0.3, 0.4) is 0 Å². The molecule has 0 N–H and O–H groups in total. The van der Waals surface area contributed by atoms with Gasteiger partial charge in [-0.05, 0) is 71.8 Å². The van der Waals surface area contributed by atoms with E-state index in [1.807, 2.05) is 24.3 Å². The van der Waals surface area contributed by atoms with Crippen LogP contribution < -0.4 is 0 Å². The first-order chi connectivity index (χ1) is 13.5. The van der Waals surface area contributed by atoms with Crippen LogP contribution in [0.2, 0.25) is 10.0 Å². The zero-order chi connectivity index (χ0) is 19.9. The molecule has 0 aliphatic heterocycles. The SMILES string of the molecule is O=C(/C=C/c1ccccc1/C=C/C(=O)c1ccc(Cl)cc1)c1ccc(Cl)cc1. The fraction of sp³-hybridized carbons (Fsp3) is 0. The lowest BCUT2D eigenvalue weighted by molar-refractivity contribution is 0.103. The van der Waals surface area contributed by atoms with Gasteiger partial charge in [0.15, 0.2) is 11.6 Å². The predicted octanol–water partition coefficient (Wildman–Crippen LogP) is 6.79. The molecule has 0 amide bonds. The summed E-state index contributed by atoms with van der Waals surface area (Å²) >= 11 is 11.7. The number of rotatable bonds is 6. The zero-order valence-electron chi connectivity index (χ0n) is 14.8. The minimum absolute atomic E-state index is 0.118. The summed E-state index contributed by atoms with van der Waals surface area (Å²) in [5.74, 6) is -0.236. The highest BCUT2D eigenvalue weighted by Crippen LogP contribution is 2.16. The number of hydrogen-bond acceptors (Lipinski definition) is 2. The molecule has 0 aliphatic rings. The van der Waals surface area contributed by atoms with Crippen molar-refractivity contribution in [2.75, 3.05) is 0 Å². The largest absolute Gasteiger partial charge is 0.289 e. The van der Waals surface area contributed by atoms with Gasteiger partial charge in [-0.2, -0.15) is 0 Å². The normalized spacial score (nSPS) is 11.2. The van der Waals surface area contributed by atoms with Crippen LogP contribution in [0.25, 0.3) is 12.2 Å². The Morgan fingerprint density at radius 1 is 0.571 bits per heavy atom. The lowest BCUT2D eigenvalue weighted by Gasteiger charge is -2.01. The molecule has 0 fully saturated rings. The van der Waals surface area contributed by atoms with E-state index in [2.05, 4.69) is 0 Å². The molecule has 3 aromatic carbocycles. The van der Waals surface area contributed by atoms with Gasteiger partial charge in [-0.15, -0.1) is 0 Å². The van der Waals surface area contributed by atoms with E-state index in [1.165, 1.54) is 12.2 Å². The average molecular weight is 407 g/mol. The van der Waals surface area contributed by atoms with E-state index < -0.39 is 0 Å². The van der Waals surface area contributed by atoms with Gasteiger partial charge in [0, 0.05) is 21.2 Å².